The summed E-state index contributed by atoms with van der Waals surface area (Å²) in [6.07, 6.45) is 6.48. The van der Waals surface area contributed by atoms with Crippen LogP contribution in [-0.4, -0.2) is 15.3 Å². The van der Waals surface area contributed by atoms with E-state index in [0.717, 1.165) is 22.0 Å². The zero-order valence-electron chi connectivity index (χ0n) is 15.2. The molecule has 27 heavy (non-hydrogen) atoms. The lowest BCUT2D eigenvalue weighted by Crippen LogP contribution is -2.24. The van der Waals surface area contributed by atoms with Gasteiger partial charge in [0.2, 0.25) is 0 Å². The molecule has 3 aromatic rings. The van der Waals surface area contributed by atoms with E-state index in [1.54, 1.807) is 28.5 Å². The van der Waals surface area contributed by atoms with Gasteiger partial charge in [0.15, 0.2) is 5.16 Å². The summed E-state index contributed by atoms with van der Waals surface area (Å²) in [4.78, 5) is 17.9. The van der Waals surface area contributed by atoms with E-state index >= 15 is 0 Å². The Kier molecular flexibility index (Phi) is 5.58. The monoisotopic (exact) mass is 382 g/mol. The Hall–Kier alpha value is -2.14. The minimum atomic E-state index is -0.269. The molecule has 140 valence electrons. The van der Waals surface area contributed by atoms with Gasteiger partial charge in [0.25, 0.3) is 5.56 Å². The number of rotatable bonds is 5. The van der Waals surface area contributed by atoms with Gasteiger partial charge < -0.3 is 0 Å². The smallest absolute Gasteiger partial charge is 0.262 e. The summed E-state index contributed by atoms with van der Waals surface area (Å²) < 4.78 is 15.0. The average molecular weight is 383 g/mol. The number of aromatic nitrogens is 2. The number of hydrogen-bond donors (Lipinski definition) is 0. The lowest BCUT2D eigenvalue weighted by atomic mass is 9.91. The molecule has 1 fully saturated rings. The second-order valence-corrected chi connectivity index (χ2v) is 8.23. The third-order valence-corrected chi connectivity index (χ3v) is 6.46. The maximum Gasteiger partial charge on any atom is 0.262 e. The molecular weight excluding hydrogens is 359 g/mol. The van der Waals surface area contributed by atoms with Crippen LogP contribution < -0.4 is 5.56 Å². The van der Waals surface area contributed by atoms with Crippen LogP contribution in [0.3, 0.4) is 0 Å². The van der Waals surface area contributed by atoms with Crippen molar-refractivity contribution in [3.05, 3.63) is 70.3 Å². The Morgan fingerprint density at radius 3 is 2.56 bits per heavy atom. The van der Waals surface area contributed by atoms with Crippen molar-refractivity contribution in [2.75, 3.05) is 5.75 Å². The van der Waals surface area contributed by atoms with Gasteiger partial charge in [-0.2, -0.15) is 0 Å². The molecule has 0 radical (unpaired) electrons. The highest BCUT2D eigenvalue weighted by atomic mass is 32.2. The summed E-state index contributed by atoms with van der Waals surface area (Å²) in [6, 6.07) is 13.8. The SMILES string of the molecule is O=c1c2ccccc2nc(SCC2CCCCC2)n1Cc1ccc(F)cc1. The highest BCUT2D eigenvalue weighted by Crippen LogP contribution is 2.29. The number of fused-ring (bicyclic) bond motifs is 1. The van der Waals surface area contributed by atoms with Crippen molar-refractivity contribution in [1.29, 1.82) is 0 Å². The molecule has 0 aliphatic heterocycles. The van der Waals surface area contributed by atoms with Crippen molar-refractivity contribution in [2.45, 2.75) is 43.8 Å². The fraction of sp³-hybridized carbons (Fsp3) is 0.364. The molecule has 3 nitrogen and oxygen atoms in total. The molecule has 0 saturated heterocycles. The van der Waals surface area contributed by atoms with Gasteiger partial charge in [-0.3, -0.25) is 9.36 Å². The van der Waals surface area contributed by atoms with Gasteiger partial charge in [-0.05, 0) is 48.6 Å². The summed E-state index contributed by atoms with van der Waals surface area (Å²) in [5.41, 5.74) is 1.61. The van der Waals surface area contributed by atoms with Crippen LogP contribution in [0.15, 0.2) is 58.5 Å². The van der Waals surface area contributed by atoms with E-state index < -0.39 is 0 Å². The lowest BCUT2D eigenvalue weighted by Gasteiger charge is -2.21. The van der Waals surface area contributed by atoms with Gasteiger partial charge in [-0.15, -0.1) is 0 Å². The fourth-order valence-corrected chi connectivity index (χ4v) is 4.90. The molecule has 4 rings (SSSR count). The zero-order valence-corrected chi connectivity index (χ0v) is 16.1. The van der Waals surface area contributed by atoms with Crippen LogP contribution in [0.2, 0.25) is 0 Å². The number of para-hydroxylation sites is 1. The molecule has 0 atom stereocenters. The molecule has 1 saturated carbocycles. The number of halogens is 1. The average Bonchev–Trinajstić information content (AvgIpc) is 2.71. The molecule has 1 aliphatic rings. The summed E-state index contributed by atoms with van der Waals surface area (Å²) in [7, 11) is 0. The fourth-order valence-electron chi connectivity index (χ4n) is 3.72. The quantitative estimate of drug-likeness (QED) is 0.446. The van der Waals surface area contributed by atoms with E-state index in [0.29, 0.717) is 17.8 Å². The van der Waals surface area contributed by atoms with Crippen LogP contribution in [0.25, 0.3) is 10.9 Å². The van der Waals surface area contributed by atoms with Crippen LogP contribution in [0, 0.1) is 11.7 Å². The number of benzene rings is 2. The molecule has 2 aromatic carbocycles. The number of hydrogen-bond acceptors (Lipinski definition) is 3. The minimum Gasteiger partial charge on any atom is -0.283 e. The highest BCUT2D eigenvalue weighted by molar-refractivity contribution is 7.99. The van der Waals surface area contributed by atoms with Crippen molar-refractivity contribution >= 4 is 22.7 Å². The third-order valence-electron chi connectivity index (χ3n) is 5.25. The van der Waals surface area contributed by atoms with Gasteiger partial charge >= 0.3 is 0 Å². The summed E-state index contributed by atoms with van der Waals surface area (Å²) in [5.74, 6) is 1.43. The summed E-state index contributed by atoms with van der Waals surface area (Å²) >= 11 is 1.68. The minimum absolute atomic E-state index is 0.0314. The van der Waals surface area contributed by atoms with Gasteiger partial charge in [-0.25, -0.2) is 9.37 Å². The van der Waals surface area contributed by atoms with Crippen LogP contribution >= 0.6 is 11.8 Å². The molecular formula is C22H23FN2OS. The van der Waals surface area contributed by atoms with E-state index in [4.69, 9.17) is 4.98 Å². The molecule has 0 amide bonds. The molecule has 0 spiro atoms. The molecule has 1 heterocycles. The number of thioether (sulfide) groups is 1. The molecule has 0 bridgehead atoms. The highest BCUT2D eigenvalue weighted by Gasteiger charge is 2.17. The van der Waals surface area contributed by atoms with Crippen molar-refractivity contribution in [3.63, 3.8) is 0 Å². The Morgan fingerprint density at radius 1 is 1.04 bits per heavy atom. The summed E-state index contributed by atoms with van der Waals surface area (Å²) in [6.45, 7) is 0.407. The normalized spacial score (nSPS) is 15.3. The predicted molar refractivity (Wildman–Crippen MR) is 109 cm³/mol. The van der Waals surface area contributed by atoms with E-state index in [2.05, 4.69) is 0 Å². The van der Waals surface area contributed by atoms with Crippen molar-refractivity contribution in [2.24, 2.45) is 5.92 Å². The van der Waals surface area contributed by atoms with Crippen molar-refractivity contribution in [1.82, 2.24) is 9.55 Å². The Labute approximate surface area is 162 Å². The summed E-state index contributed by atoms with van der Waals surface area (Å²) in [5, 5.41) is 1.38. The van der Waals surface area contributed by atoms with Crippen molar-refractivity contribution < 1.29 is 4.39 Å². The van der Waals surface area contributed by atoms with E-state index in [-0.39, 0.29) is 11.4 Å². The second kappa shape index (κ2) is 8.26. The van der Waals surface area contributed by atoms with Gasteiger partial charge in [-0.1, -0.05) is 55.3 Å². The zero-order chi connectivity index (χ0) is 18.6. The first-order chi connectivity index (χ1) is 13.2. The first-order valence-electron chi connectivity index (χ1n) is 9.57. The van der Waals surface area contributed by atoms with Crippen LogP contribution in [-0.2, 0) is 6.54 Å². The standard InChI is InChI=1S/C22H23FN2OS/c23-18-12-10-16(11-13-18)14-25-21(26)19-8-4-5-9-20(19)24-22(25)27-15-17-6-2-1-3-7-17/h4-5,8-13,17H,1-3,6-7,14-15H2. The van der Waals surface area contributed by atoms with Crippen molar-refractivity contribution in [3.8, 4) is 0 Å². The topological polar surface area (TPSA) is 34.9 Å². The van der Waals surface area contributed by atoms with Crippen LogP contribution in [0.4, 0.5) is 4.39 Å². The largest absolute Gasteiger partial charge is 0.283 e. The third kappa shape index (κ3) is 4.24. The Balaban J connectivity index is 1.68. The molecule has 1 aliphatic carbocycles. The Morgan fingerprint density at radius 2 is 1.78 bits per heavy atom. The number of nitrogens with zero attached hydrogens (tertiary/aromatic N) is 2. The van der Waals surface area contributed by atoms with Gasteiger partial charge in [0.05, 0.1) is 17.4 Å². The van der Waals surface area contributed by atoms with E-state index in [1.807, 2.05) is 24.3 Å². The predicted octanol–water partition coefficient (Wildman–Crippen LogP) is 5.26. The second-order valence-electron chi connectivity index (χ2n) is 7.24. The van der Waals surface area contributed by atoms with Crippen LogP contribution in [0.1, 0.15) is 37.7 Å². The molecule has 5 heteroatoms. The van der Waals surface area contributed by atoms with Crippen LogP contribution in [0.5, 0.6) is 0 Å². The maximum atomic E-state index is 13.2. The maximum absolute atomic E-state index is 13.2. The lowest BCUT2D eigenvalue weighted by molar-refractivity contribution is 0.390. The van der Waals surface area contributed by atoms with E-state index in [9.17, 15) is 9.18 Å². The van der Waals surface area contributed by atoms with Gasteiger partial charge in [0.1, 0.15) is 5.82 Å². The first-order valence-corrected chi connectivity index (χ1v) is 10.6. The molecule has 0 unspecified atom stereocenters. The molecule has 1 aromatic heterocycles. The van der Waals surface area contributed by atoms with Gasteiger partial charge in [0, 0.05) is 5.75 Å². The first kappa shape index (κ1) is 18.2. The van der Waals surface area contributed by atoms with E-state index in [1.165, 1.54) is 44.2 Å². The molecule has 0 N–H and O–H groups in total. The Bertz CT molecular complexity index is 978.